The van der Waals surface area contributed by atoms with Crippen LogP contribution in [0.5, 0.6) is 0 Å². The van der Waals surface area contributed by atoms with Gasteiger partial charge in [0.05, 0.1) is 12.6 Å². The number of amides is 1. The van der Waals surface area contributed by atoms with Gasteiger partial charge in [-0.1, -0.05) is 0 Å². The maximum atomic E-state index is 14.0. The first kappa shape index (κ1) is 17.3. The van der Waals surface area contributed by atoms with Gasteiger partial charge in [0.25, 0.3) is 0 Å². The van der Waals surface area contributed by atoms with Crippen molar-refractivity contribution < 1.29 is 23.4 Å². The molecule has 1 amide bonds. The second kappa shape index (κ2) is 7.55. The van der Waals surface area contributed by atoms with Gasteiger partial charge in [-0.15, -0.1) is 0 Å². The van der Waals surface area contributed by atoms with Gasteiger partial charge >= 0.3 is 0 Å². The molecule has 0 radical (unpaired) electrons. The fourth-order valence-corrected chi connectivity index (χ4v) is 3.45. The molecule has 7 heteroatoms. The molecule has 0 aliphatic carbocycles. The van der Waals surface area contributed by atoms with Gasteiger partial charge in [-0.2, -0.15) is 0 Å². The number of ether oxygens (including phenoxy) is 1. The Balaban J connectivity index is 1.66. The highest BCUT2D eigenvalue weighted by Crippen LogP contribution is 2.33. The highest BCUT2D eigenvalue weighted by molar-refractivity contribution is 5.78. The summed E-state index contributed by atoms with van der Waals surface area (Å²) in [6, 6.07) is 2.86. The molecule has 2 heterocycles. The number of hydrogen-bond acceptors (Lipinski definition) is 4. The third-order valence-corrected chi connectivity index (χ3v) is 4.63. The minimum atomic E-state index is -0.659. The lowest BCUT2D eigenvalue weighted by atomic mass is 10.0. The quantitative estimate of drug-likeness (QED) is 0.869. The van der Waals surface area contributed by atoms with Gasteiger partial charge < -0.3 is 15.2 Å². The lowest BCUT2D eigenvalue weighted by Crippen LogP contribution is -2.44. The van der Waals surface area contributed by atoms with E-state index in [-0.39, 0.29) is 37.0 Å². The number of nitrogens with zero attached hydrogens (tertiary/aromatic N) is 1. The molecule has 2 aliphatic heterocycles. The molecule has 2 N–H and O–H groups in total. The third kappa shape index (κ3) is 4.09. The first-order chi connectivity index (χ1) is 11.5. The van der Waals surface area contributed by atoms with E-state index in [9.17, 15) is 18.7 Å². The number of aliphatic hydroxyl groups is 1. The van der Waals surface area contributed by atoms with Crippen LogP contribution in [0, 0.1) is 11.6 Å². The lowest BCUT2D eigenvalue weighted by molar-refractivity contribution is -0.123. The molecule has 1 aromatic rings. The number of carbonyl (C=O) groups is 1. The molecule has 5 nitrogen and oxygen atoms in total. The van der Waals surface area contributed by atoms with Crippen LogP contribution < -0.4 is 5.32 Å². The summed E-state index contributed by atoms with van der Waals surface area (Å²) in [7, 11) is 0. The molecule has 0 bridgehead atoms. The van der Waals surface area contributed by atoms with Gasteiger partial charge in [-0.05, 0) is 37.5 Å². The largest absolute Gasteiger partial charge is 0.392 e. The summed E-state index contributed by atoms with van der Waals surface area (Å²) in [6.45, 7) is 1.58. The average Bonchev–Trinajstić information content (AvgIpc) is 2.90. The smallest absolute Gasteiger partial charge is 0.234 e. The number of hydrogen-bond donors (Lipinski definition) is 2. The molecule has 2 atom stereocenters. The van der Waals surface area contributed by atoms with Gasteiger partial charge in [0, 0.05) is 37.4 Å². The van der Waals surface area contributed by atoms with E-state index in [0.717, 1.165) is 31.0 Å². The maximum absolute atomic E-state index is 14.0. The standard InChI is InChI=1S/C17H22F2N2O3/c18-11-1-2-15(19)14(7-11)16-8-13(22)9-21(16)10-17(23)20-12-3-5-24-6-4-12/h1-2,7,12-13,16,22H,3-6,8-10H2,(H,20,23)/t13-,16-/m1/s1. The van der Waals surface area contributed by atoms with Crippen molar-refractivity contribution >= 4 is 5.91 Å². The Morgan fingerprint density at radius 2 is 2.08 bits per heavy atom. The SMILES string of the molecule is O=C(CN1C[C@H](O)C[C@@H]1c1cc(F)ccc1F)NC1CCOCC1. The Morgan fingerprint density at radius 1 is 1.33 bits per heavy atom. The number of β-amino-alcohol motifs (C(OH)–C–C–N with tert-alkyl or cyclic N) is 1. The number of benzene rings is 1. The molecule has 2 fully saturated rings. The van der Waals surface area contributed by atoms with Crippen LogP contribution in [-0.4, -0.2) is 54.4 Å². The van der Waals surface area contributed by atoms with Crippen LogP contribution in [0.3, 0.4) is 0 Å². The van der Waals surface area contributed by atoms with Crippen molar-refractivity contribution in [3.8, 4) is 0 Å². The van der Waals surface area contributed by atoms with Gasteiger partial charge in [-0.25, -0.2) is 8.78 Å². The first-order valence-electron chi connectivity index (χ1n) is 8.27. The summed E-state index contributed by atoms with van der Waals surface area (Å²) >= 11 is 0. The number of halogens is 2. The molecule has 2 aliphatic rings. The van der Waals surface area contributed by atoms with E-state index < -0.39 is 23.8 Å². The Kier molecular flexibility index (Phi) is 5.43. The Bertz CT molecular complexity index is 593. The number of aliphatic hydroxyl groups excluding tert-OH is 1. The Labute approximate surface area is 139 Å². The van der Waals surface area contributed by atoms with Crippen LogP contribution in [0.4, 0.5) is 8.78 Å². The van der Waals surface area contributed by atoms with Crippen molar-refractivity contribution in [1.29, 1.82) is 0 Å². The van der Waals surface area contributed by atoms with E-state index in [1.54, 1.807) is 4.90 Å². The second-order valence-corrected chi connectivity index (χ2v) is 6.45. The van der Waals surface area contributed by atoms with Crippen LogP contribution in [0.25, 0.3) is 0 Å². The molecule has 0 unspecified atom stereocenters. The van der Waals surface area contributed by atoms with Crippen molar-refractivity contribution in [3.05, 3.63) is 35.4 Å². The van der Waals surface area contributed by atoms with Crippen LogP contribution >= 0.6 is 0 Å². The van der Waals surface area contributed by atoms with Crippen molar-refractivity contribution in [2.45, 2.75) is 37.5 Å². The summed E-state index contributed by atoms with van der Waals surface area (Å²) in [6.07, 6.45) is 1.17. The molecular formula is C17H22F2N2O3. The van der Waals surface area contributed by atoms with Gasteiger partial charge in [0.15, 0.2) is 0 Å². The molecule has 24 heavy (non-hydrogen) atoms. The van der Waals surface area contributed by atoms with Crippen molar-refractivity contribution in [2.24, 2.45) is 0 Å². The molecule has 132 valence electrons. The molecule has 1 aromatic carbocycles. The number of likely N-dealkylation sites (tertiary alicyclic amines) is 1. The van der Waals surface area contributed by atoms with E-state index in [1.165, 1.54) is 0 Å². The molecule has 0 aromatic heterocycles. The highest BCUT2D eigenvalue weighted by atomic mass is 19.1. The highest BCUT2D eigenvalue weighted by Gasteiger charge is 2.35. The summed E-state index contributed by atoms with van der Waals surface area (Å²) < 4.78 is 32.8. The van der Waals surface area contributed by atoms with E-state index in [2.05, 4.69) is 5.32 Å². The van der Waals surface area contributed by atoms with E-state index in [1.807, 2.05) is 0 Å². The average molecular weight is 340 g/mol. The third-order valence-electron chi connectivity index (χ3n) is 4.63. The summed E-state index contributed by atoms with van der Waals surface area (Å²) in [5, 5.41) is 12.9. The molecule has 3 rings (SSSR count). The predicted octanol–water partition coefficient (Wildman–Crippen LogP) is 1.37. The minimum absolute atomic E-state index is 0.0506. The van der Waals surface area contributed by atoms with Gasteiger partial charge in [0.2, 0.25) is 5.91 Å². The zero-order chi connectivity index (χ0) is 17.1. The zero-order valence-corrected chi connectivity index (χ0v) is 13.4. The summed E-state index contributed by atoms with van der Waals surface area (Å²) in [5.41, 5.74) is 0.186. The van der Waals surface area contributed by atoms with Crippen LogP contribution in [0.15, 0.2) is 18.2 Å². The summed E-state index contributed by atoms with van der Waals surface area (Å²) in [5.74, 6) is -1.22. The number of carbonyl (C=O) groups excluding carboxylic acids is 1. The number of nitrogens with one attached hydrogen (secondary N) is 1. The first-order valence-corrected chi connectivity index (χ1v) is 8.27. The van der Waals surface area contributed by atoms with Crippen molar-refractivity contribution in [2.75, 3.05) is 26.3 Å². The van der Waals surface area contributed by atoms with E-state index in [4.69, 9.17) is 4.74 Å². The maximum Gasteiger partial charge on any atom is 0.234 e. The fourth-order valence-electron chi connectivity index (χ4n) is 3.45. The number of rotatable bonds is 4. The fraction of sp³-hybridized carbons (Fsp3) is 0.588. The second-order valence-electron chi connectivity index (χ2n) is 6.45. The van der Waals surface area contributed by atoms with Gasteiger partial charge in [-0.3, -0.25) is 9.69 Å². The van der Waals surface area contributed by atoms with Gasteiger partial charge in [0.1, 0.15) is 11.6 Å². The van der Waals surface area contributed by atoms with E-state index >= 15 is 0 Å². The van der Waals surface area contributed by atoms with E-state index in [0.29, 0.717) is 13.2 Å². The van der Waals surface area contributed by atoms with Crippen molar-refractivity contribution in [3.63, 3.8) is 0 Å². The summed E-state index contributed by atoms with van der Waals surface area (Å²) in [4.78, 5) is 14.0. The Hall–Kier alpha value is -1.57. The zero-order valence-electron chi connectivity index (χ0n) is 13.4. The lowest BCUT2D eigenvalue weighted by Gasteiger charge is -2.27. The molecular weight excluding hydrogens is 318 g/mol. The molecule has 0 saturated carbocycles. The van der Waals surface area contributed by atoms with Crippen LogP contribution in [0.1, 0.15) is 30.9 Å². The monoisotopic (exact) mass is 340 g/mol. The minimum Gasteiger partial charge on any atom is -0.392 e. The molecule has 0 spiro atoms. The Morgan fingerprint density at radius 3 is 2.83 bits per heavy atom. The molecule has 2 saturated heterocycles. The normalized spacial score (nSPS) is 25.8. The van der Waals surface area contributed by atoms with Crippen LogP contribution in [0.2, 0.25) is 0 Å². The predicted molar refractivity (Wildman–Crippen MR) is 83.3 cm³/mol. The van der Waals surface area contributed by atoms with Crippen LogP contribution in [-0.2, 0) is 9.53 Å². The van der Waals surface area contributed by atoms with Crippen molar-refractivity contribution in [1.82, 2.24) is 10.2 Å². The topological polar surface area (TPSA) is 61.8 Å².